The summed E-state index contributed by atoms with van der Waals surface area (Å²) >= 11 is 3.15. The SMILES string of the molecule is O=[N+]([O-])c1ccc(NCCSc2nc3ccccc3[nH]2)nc1NCCSc1nc2ccccc2[nH]1. The number of aromatic nitrogens is 5. The van der Waals surface area contributed by atoms with Gasteiger partial charge in [0.05, 0.1) is 27.0 Å². The number of nitrogens with one attached hydrogen (secondary N) is 4. The van der Waals surface area contributed by atoms with Crippen molar-refractivity contribution < 1.29 is 4.92 Å². The Morgan fingerprint density at radius 3 is 1.91 bits per heavy atom. The second kappa shape index (κ2) is 10.7. The van der Waals surface area contributed by atoms with Crippen molar-refractivity contribution in [2.24, 2.45) is 0 Å². The van der Waals surface area contributed by atoms with Gasteiger partial charge in [-0.25, -0.2) is 15.0 Å². The predicted octanol–water partition coefficient (Wildman–Crippen LogP) is 5.15. The van der Waals surface area contributed by atoms with Gasteiger partial charge in [0.1, 0.15) is 5.82 Å². The number of hydrogen-bond donors (Lipinski definition) is 4. The number of aromatic amines is 2. The highest BCUT2D eigenvalue weighted by Gasteiger charge is 2.16. The lowest BCUT2D eigenvalue weighted by molar-refractivity contribution is -0.384. The summed E-state index contributed by atoms with van der Waals surface area (Å²) in [6.07, 6.45) is 0. The van der Waals surface area contributed by atoms with Gasteiger partial charge in [0.25, 0.3) is 0 Å². The smallest absolute Gasteiger partial charge is 0.311 e. The molecule has 10 nitrogen and oxygen atoms in total. The molecule has 3 aromatic heterocycles. The largest absolute Gasteiger partial charge is 0.369 e. The molecule has 0 atom stereocenters. The zero-order chi connectivity index (χ0) is 24.0. The fourth-order valence-electron chi connectivity index (χ4n) is 3.47. The third-order valence-corrected chi connectivity index (χ3v) is 6.84. The zero-order valence-corrected chi connectivity index (χ0v) is 20.2. The molecule has 0 fully saturated rings. The molecule has 0 radical (unpaired) electrons. The van der Waals surface area contributed by atoms with Crippen LogP contribution in [-0.2, 0) is 0 Å². The number of thioether (sulfide) groups is 2. The zero-order valence-electron chi connectivity index (χ0n) is 18.5. The van der Waals surface area contributed by atoms with E-state index in [4.69, 9.17) is 0 Å². The summed E-state index contributed by atoms with van der Waals surface area (Å²) in [5, 5.41) is 19.4. The van der Waals surface area contributed by atoms with Crippen LogP contribution in [-0.4, -0.2) is 54.4 Å². The highest BCUT2D eigenvalue weighted by atomic mass is 32.2. The summed E-state index contributed by atoms with van der Waals surface area (Å²) in [5.41, 5.74) is 3.79. The molecule has 178 valence electrons. The van der Waals surface area contributed by atoms with Gasteiger partial charge in [0, 0.05) is 30.7 Å². The highest BCUT2D eigenvalue weighted by Crippen LogP contribution is 2.25. The summed E-state index contributed by atoms with van der Waals surface area (Å²) in [7, 11) is 0. The summed E-state index contributed by atoms with van der Waals surface area (Å²) in [5.74, 6) is 2.25. The van der Waals surface area contributed by atoms with E-state index in [-0.39, 0.29) is 11.5 Å². The molecule has 0 amide bonds. The van der Waals surface area contributed by atoms with Crippen molar-refractivity contribution in [1.82, 2.24) is 24.9 Å². The molecular weight excluding hydrogens is 484 g/mol. The van der Waals surface area contributed by atoms with Crippen LogP contribution in [0.25, 0.3) is 22.1 Å². The lowest BCUT2D eigenvalue weighted by atomic mass is 10.3. The number of rotatable bonds is 11. The van der Waals surface area contributed by atoms with E-state index in [1.54, 1.807) is 29.6 Å². The van der Waals surface area contributed by atoms with Gasteiger partial charge in [-0.1, -0.05) is 47.8 Å². The molecule has 0 bridgehead atoms. The Labute approximate surface area is 208 Å². The molecule has 0 spiro atoms. The number of imidazole rings is 2. The Bertz CT molecular complexity index is 1400. The van der Waals surface area contributed by atoms with Crippen molar-refractivity contribution in [3.63, 3.8) is 0 Å². The molecule has 3 heterocycles. The minimum atomic E-state index is -0.428. The third-order valence-electron chi connectivity index (χ3n) is 5.09. The molecule has 2 aromatic carbocycles. The summed E-state index contributed by atoms with van der Waals surface area (Å²) in [6.45, 7) is 1.13. The fourth-order valence-corrected chi connectivity index (χ4v) is 4.95. The Hall–Kier alpha value is -3.77. The minimum absolute atomic E-state index is 0.0547. The average molecular weight is 507 g/mol. The molecule has 0 aliphatic carbocycles. The van der Waals surface area contributed by atoms with Crippen molar-refractivity contribution in [2.45, 2.75) is 10.3 Å². The maximum absolute atomic E-state index is 11.4. The van der Waals surface area contributed by atoms with E-state index in [2.05, 4.69) is 35.6 Å². The number of nitrogens with zero attached hydrogens (tertiary/aromatic N) is 4. The van der Waals surface area contributed by atoms with Crippen molar-refractivity contribution in [1.29, 1.82) is 0 Å². The Morgan fingerprint density at radius 1 is 0.771 bits per heavy atom. The van der Waals surface area contributed by atoms with Gasteiger partial charge in [-0.2, -0.15) is 0 Å². The first kappa shape index (κ1) is 23.0. The monoisotopic (exact) mass is 506 g/mol. The molecule has 12 heteroatoms. The van der Waals surface area contributed by atoms with E-state index in [9.17, 15) is 10.1 Å². The van der Waals surface area contributed by atoms with Crippen molar-refractivity contribution in [3.05, 3.63) is 70.8 Å². The van der Waals surface area contributed by atoms with Crippen LogP contribution in [0.2, 0.25) is 0 Å². The van der Waals surface area contributed by atoms with Gasteiger partial charge >= 0.3 is 5.69 Å². The van der Waals surface area contributed by atoms with Crippen LogP contribution >= 0.6 is 23.5 Å². The number of nitro groups is 1. The predicted molar refractivity (Wildman–Crippen MR) is 142 cm³/mol. The standard InChI is InChI=1S/C23H22N8O2S2/c32-31(33)19-9-10-20(24-11-13-34-22-26-15-5-1-2-6-16(15)27-22)30-21(19)25-12-14-35-23-28-17-7-3-4-8-18(17)29-23/h1-10H,11-14H2,(H,26,27)(H,28,29)(H2,24,25,30). The van der Waals surface area contributed by atoms with Crippen molar-refractivity contribution in [2.75, 3.05) is 35.2 Å². The van der Waals surface area contributed by atoms with Gasteiger partial charge in [0.2, 0.25) is 5.82 Å². The molecule has 0 saturated carbocycles. The van der Waals surface area contributed by atoms with E-state index >= 15 is 0 Å². The molecule has 0 aliphatic rings. The van der Waals surface area contributed by atoms with Crippen molar-refractivity contribution in [3.8, 4) is 0 Å². The van der Waals surface area contributed by atoms with Gasteiger partial charge < -0.3 is 20.6 Å². The number of fused-ring (bicyclic) bond motifs is 2. The maximum atomic E-state index is 11.4. The van der Waals surface area contributed by atoms with E-state index in [0.29, 0.717) is 24.7 Å². The number of hydrogen-bond acceptors (Lipinski definition) is 9. The van der Waals surface area contributed by atoms with Crippen LogP contribution < -0.4 is 10.6 Å². The fraction of sp³-hybridized carbons (Fsp3) is 0.174. The first-order chi connectivity index (χ1) is 17.2. The number of pyridine rings is 1. The maximum Gasteiger partial charge on any atom is 0.311 e. The third kappa shape index (κ3) is 5.66. The van der Waals surface area contributed by atoms with Crippen molar-refractivity contribution >= 4 is 62.9 Å². The minimum Gasteiger partial charge on any atom is -0.369 e. The average Bonchev–Trinajstić information content (AvgIpc) is 3.47. The van der Waals surface area contributed by atoms with E-state index in [1.807, 2.05) is 48.5 Å². The van der Waals surface area contributed by atoms with Gasteiger partial charge in [-0.15, -0.1) is 0 Å². The summed E-state index contributed by atoms with van der Waals surface area (Å²) in [4.78, 5) is 31.1. The van der Waals surface area contributed by atoms with E-state index in [0.717, 1.165) is 38.1 Å². The van der Waals surface area contributed by atoms with E-state index < -0.39 is 4.92 Å². The molecule has 0 unspecified atom stereocenters. The van der Waals surface area contributed by atoms with Crippen LogP contribution in [0.15, 0.2) is 71.0 Å². The van der Waals surface area contributed by atoms with E-state index in [1.165, 1.54) is 6.07 Å². The van der Waals surface area contributed by atoms with Gasteiger partial charge in [-0.05, 0) is 30.3 Å². The summed E-state index contributed by atoms with van der Waals surface area (Å²) < 4.78 is 0. The molecule has 0 saturated heterocycles. The number of para-hydroxylation sites is 4. The Balaban J connectivity index is 1.13. The molecule has 5 rings (SSSR count). The second-order valence-corrected chi connectivity index (χ2v) is 9.66. The highest BCUT2D eigenvalue weighted by molar-refractivity contribution is 7.99. The van der Waals surface area contributed by atoms with Crippen LogP contribution in [0.1, 0.15) is 0 Å². The Morgan fingerprint density at radius 2 is 1.34 bits per heavy atom. The molecular formula is C23H22N8O2S2. The Kier molecular flexibility index (Phi) is 7.00. The molecule has 4 N–H and O–H groups in total. The van der Waals surface area contributed by atoms with Crippen LogP contribution in [0.3, 0.4) is 0 Å². The van der Waals surface area contributed by atoms with Gasteiger partial charge in [-0.3, -0.25) is 10.1 Å². The number of benzene rings is 2. The lowest BCUT2D eigenvalue weighted by Gasteiger charge is -2.09. The van der Waals surface area contributed by atoms with Crippen LogP contribution in [0.4, 0.5) is 17.3 Å². The number of anilines is 2. The van der Waals surface area contributed by atoms with Crippen LogP contribution in [0, 0.1) is 10.1 Å². The normalized spacial score (nSPS) is 11.2. The first-order valence-corrected chi connectivity index (χ1v) is 12.9. The quantitative estimate of drug-likeness (QED) is 0.0829. The number of H-pyrrole nitrogens is 2. The first-order valence-electron chi connectivity index (χ1n) is 10.9. The summed E-state index contributed by atoms with van der Waals surface area (Å²) in [6, 6.07) is 18.8. The van der Waals surface area contributed by atoms with Gasteiger partial charge in [0.15, 0.2) is 10.3 Å². The second-order valence-electron chi connectivity index (χ2n) is 7.49. The lowest BCUT2D eigenvalue weighted by Crippen LogP contribution is -2.11. The molecule has 0 aliphatic heterocycles. The van der Waals surface area contributed by atoms with Crippen LogP contribution in [0.5, 0.6) is 0 Å². The topological polar surface area (TPSA) is 137 Å². The molecule has 35 heavy (non-hydrogen) atoms. The molecule has 5 aromatic rings.